The van der Waals surface area contributed by atoms with Gasteiger partial charge in [0.1, 0.15) is 23.1 Å². The zero-order valence-corrected chi connectivity index (χ0v) is 13.8. The van der Waals surface area contributed by atoms with Gasteiger partial charge in [0.15, 0.2) is 0 Å². The second kappa shape index (κ2) is 7.68. The van der Waals surface area contributed by atoms with Crippen molar-refractivity contribution in [1.29, 1.82) is 0 Å². The van der Waals surface area contributed by atoms with Crippen molar-refractivity contribution in [2.24, 2.45) is 0 Å². The van der Waals surface area contributed by atoms with Gasteiger partial charge in [-0.05, 0) is 25.1 Å². The molecular weight excluding hydrogens is 384 g/mol. The summed E-state index contributed by atoms with van der Waals surface area (Å²) in [4.78, 5) is 22.5. The molecule has 0 spiro atoms. The number of hydrogen-bond donors (Lipinski definition) is 1. The predicted molar refractivity (Wildman–Crippen MR) is 83.6 cm³/mol. The molecule has 0 aliphatic heterocycles. The number of alkyl halides is 4. The molecule has 0 aliphatic rings. The molecule has 1 aromatic carbocycles. The van der Waals surface area contributed by atoms with E-state index in [0.29, 0.717) is 10.7 Å². The summed E-state index contributed by atoms with van der Waals surface area (Å²) < 4.78 is 51.9. The highest BCUT2D eigenvalue weighted by molar-refractivity contribution is 6.31. The number of amides is 1. The van der Waals surface area contributed by atoms with Crippen molar-refractivity contribution in [3.8, 4) is 0 Å². The SMILES string of the molecule is CC(C(=O)Nc1ccc(Cl)cc1[N+](=O)[O-])n1nc(C(F)F)cc1C(F)F. The van der Waals surface area contributed by atoms with Gasteiger partial charge in [-0.2, -0.15) is 5.10 Å². The largest absolute Gasteiger partial charge is 0.319 e. The van der Waals surface area contributed by atoms with E-state index in [1.165, 1.54) is 6.07 Å². The van der Waals surface area contributed by atoms with Crippen LogP contribution in [-0.2, 0) is 4.79 Å². The van der Waals surface area contributed by atoms with Crippen LogP contribution in [0.5, 0.6) is 0 Å². The van der Waals surface area contributed by atoms with Crippen LogP contribution in [0.15, 0.2) is 24.3 Å². The van der Waals surface area contributed by atoms with Gasteiger partial charge in [0.25, 0.3) is 18.5 Å². The number of nitro benzene ring substituents is 1. The van der Waals surface area contributed by atoms with E-state index in [-0.39, 0.29) is 10.7 Å². The number of anilines is 1. The lowest BCUT2D eigenvalue weighted by Crippen LogP contribution is -2.26. The minimum absolute atomic E-state index is 0.0522. The van der Waals surface area contributed by atoms with Crippen molar-refractivity contribution in [2.45, 2.75) is 25.8 Å². The first-order valence-electron chi connectivity index (χ1n) is 7.02. The molecule has 2 aromatic rings. The third-order valence-electron chi connectivity index (χ3n) is 3.39. The van der Waals surface area contributed by atoms with Gasteiger partial charge in [-0.3, -0.25) is 19.6 Å². The molecule has 7 nitrogen and oxygen atoms in total. The molecule has 0 saturated heterocycles. The molecule has 1 unspecified atom stereocenters. The molecule has 140 valence electrons. The summed E-state index contributed by atoms with van der Waals surface area (Å²) in [6.45, 7) is 1.14. The number of aromatic nitrogens is 2. The highest BCUT2D eigenvalue weighted by Crippen LogP contribution is 2.30. The second-order valence-corrected chi connectivity index (χ2v) is 5.56. The zero-order valence-electron chi connectivity index (χ0n) is 13.0. The van der Waals surface area contributed by atoms with Crippen LogP contribution in [0.25, 0.3) is 0 Å². The van der Waals surface area contributed by atoms with Gasteiger partial charge in [-0.1, -0.05) is 11.6 Å². The second-order valence-electron chi connectivity index (χ2n) is 5.12. The van der Waals surface area contributed by atoms with E-state index in [4.69, 9.17) is 11.6 Å². The van der Waals surface area contributed by atoms with Crippen molar-refractivity contribution in [3.63, 3.8) is 0 Å². The number of nitrogens with one attached hydrogen (secondary N) is 1. The molecule has 0 saturated carbocycles. The van der Waals surface area contributed by atoms with Gasteiger partial charge in [0, 0.05) is 11.1 Å². The third-order valence-corrected chi connectivity index (χ3v) is 3.63. The van der Waals surface area contributed by atoms with E-state index < -0.39 is 46.8 Å². The van der Waals surface area contributed by atoms with Crippen LogP contribution in [-0.4, -0.2) is 20.6 Å². The molecule has 1 amide bonds. The Labute approximate surface area is 148 Å². The molecule has 1 heterocycles. The highest BCUT2D eigenvalue weighted by Gasteiger charge is 2.28. The zero-order chi connectivity index (χ0) is 19.6. The molecule has 26 heavy (non-hydrogen) atoms. The average molecular weight is 395 g/mol. The van der Waals surface area contributed by atoms with Crippen LogP contribution in [0.2, 0.25) is 5.02 Å². The maximum absolute atomic E-state index is 13.0. The van der Waals surface area contributed by atoms with Gasteiger partial charge in [-0.25, -0.2) is 17.6 Å². The van der Waals surface area contributed by atoms with Crippen LogP contribution < -0.4 is 5.32 Å². The average Bonchev–Trinajstić information content (AvgIpc) is 3.01. The quantitative estimate of drug-likeness (QED) is 0.443. The lowest BCUT2D eigenvalue weighted by Gasteiger charge is -2.15. The summed E-state index contributed by atoms with van der Waals surface area (Å²) >= 11 is 5.66. The molecule has 12 heteroatoms. The fraction of sp³-hybridized carbons (Fsp3) is 0.286. The normalized spacial score (nSPS) is 12.5. The summed E-state index contributed by atoms with van der Waals surface area (Å²) in [6.07, 6.45) is -6.24. The van der Waals surface area contributed by atoms with E-state index in [9.17, 15) is 32.5 Å². The Morgan fingerprint density at radius 2 is 1.92 bits per heavy atom. The van der Waals surface area contributed by atoms with E-state index >= 15 is 0 Å². The number of benzene rings is 1. The Morgan fingerprint density at radius 1 is 1.27 bits per heavy atom. The number of nitro groups is 1. The molecule has 2 rings (SSSR count). The Balaban J connectivity index is 2.33. The van der Waals surface area contributed by atoms with E-state index in [1.807, 2.05) is 0 Å². The lowest BCUT2D eigenvalue weighted by molar-refractivity contribution is -0.383. The smallest absolute Gasteiger partial charge is 0.294 e. The van der Waals surface area contributed by atoms with Gasteiger partial charge in [0.2, 0.25) is 5.91 Å². The van der Waals surface area contributed by atoms with Crippen molar-refractivity contribution in [2.75, 3.05) is 5.32 Å². The Bertz CT molecular complexity index is 844. The molecule has 1 N–H and O–H groups in total. The van der Waals surface area contributed by atoms with Crippen LogP contribution in [0.3, 0.4) is 0 Å². The molecular formula is C14H11ClF4N4O3. The first-order valence-corrected chi connectivity index (χ1v) is 7.40. The first kappa shape index (κ1) is 19.6. The van der Waals surface area contributed by atoms with E-state index in [2.05, 4.69) is 10.4 Å². The number of carbonyl (C=O) groups excluding carboxylic acids is 1. The minimum atomic E-state index is -3.14. The lowest BCUT2D eigenvalue weighted by atomic mass is 10.2. The molecule has 0 bridgehead atoms. The van der Waals surface area contributed by atoms with Crippen LogP contribution in [0.4, 0.5) is 28.9 Å². The summed E-state index contributed by atoms with van der Waals surface area (Å²) in [7, 11) is 0. The number of hydrogen-bond acceptors (Lipinski definition) is 4. The van der Waals surface area contributed by atoms with Crippen LogP contribution >= 0.6 is 11.6 Å². The summed E-state index contributed by atoms with van der Waals surface area (Å²) in [5, 5.41) is 16.6. The predicted octanol–water partition coefficient (Wildman–Crippen LogP) is 4.52. The van der Waals surface area contributed by atoms with Crippen molar-refractivity contribution in [1.82, 2.24) is 9.78 Å². The van der Waals surface area contributed by atoms with Gasteiger partial charge >= 0.3 is 0 Å². The van der Waals surface area contributed by atoms with Gasteiger partial charge in [-0.15, -0.1) is 0 Å². The number of nitrogens with zero attached hydrogens (tertiary/aromatic N) is 3. The Morgan fingerprint density at radius 3 is 2.46 bits per heavy atom. The van der Waals surface area contributed by atoms with Crippen molar-refractivity contribution < 1.29 is 27.3 Å². The highest BCUT2D eigenvalue weighted by atomic mass is 35.5. The van der Waals surface area contributed by atoms with Gasteiger partial charge < -0.3 is 5.32 Å². The third kappa shape index (κ3) is 4.10. The molecule has 1 aromatic heterocycles. The van der Waals surface area contributed by atoms with E-state index in [0.717, 1.165) is 19.1 Å². The fourth-order valence-corrected chi connectivity index (χ4v) is 2.28. The standard InChI is InChI=1S/C14H11ClF4N4O3/c1-6(22-11(13(18)19)5-9(21-22)12(16)17)14(24)20-8-3-2-7(15)4-10(8)23(25)26/h2-6,12-13H,1H3,(H,20,24). The minimum Gasteiger partial charge on any atom is -0.319 e. The Hall–Kier alpha value is -2.69. The summed E-state index contributed by atoms with van der Waals surface area (Å²) in [5.74, 6) is -0.957. The number of halogens is 5. The molecule has 0 fully saturated rings. The topological polar surface area (TPSA) is 90.1 Å². The Kier molecular flexibility index (Phi) is 5.80. The summed E-state index contributed by atoms with van der Waals surface area (Å²) in [5.41, 5.74) is -2.51. The number of rotatable bonds is 6. The fourth-order valence-electron chi connectivity index (χ4n) is 2.12. The maximum atomic E-state index is 13.0. The van der Waals surface area contributed by atoms with Crippen molar-refractivity contribution in [3.05, 3.63) is 50.8 Å². The van der Waals surface area contributed by atoms with Crippen LogP contribution in [0.1, 0.15) is 37.2 Å². The van der Waals surface area contributed by atoms with Crippen molar-refractivity contribution >= 4 is 28.9 Å². The molecule has 1 atom stereocenters. The van der Waals surface area contributed by atoms with Gasteiger partial charge in [0.05, 0.1) is 4.92 Å². The summed E-state index contributed by atoms with van der Waals surface area (Å²) in [6, 6.07) is 2.51. The maximum Gasteiger partial charge on any atom is 0.294 e. The first-order chi connectivity index (χ1) is 12.1. The molecule has 0 radical (unpaired) electrons. The van der Waals surface area contributed by atoms with E-state index in [1.54, 1.807) is 0 Å². The van der Waals surface area contributed by atoms with Crippen LogP contribution in [0, 0.1) is 10.1 Å². The monoisotopic (exact) mass is 394 g/mol. The number of carbonyl (C=O) groups is 1. The molecule has 0 aliphatic carbocycles.